The highest BCUT2D eigenvalue weighted by Gasteiger charge is 2.32. The van der Waals surface area contributed by atoms with Crippen LogP contribution in [-0.4, -0.2) is 54.4 Å². The molecule has 2 saturated heterocycles. The van der Waals surface area contributed by atoms with E-state index in [1.165, 1.54) is 11.1 Å². The molecule has 0 radical (unpaired) electrons. The fourth-order valence-corrected chi connectivity index (χ4v) is 4.98. The average molecular weight is 519 g/mol. The number of ether oxygens (including phenoxy) is 1. The minimum absolute atomic E-state index is 0. The van der Waals surface area contributed by atoms with Gasteiger partial charge in [-0.1, -0.05) is 29.8 Å². The fraction of sp³-hybridized carbons (Fsp3) is 0.667. The molecule has 1 aromatic carbocycles. The molecule has 3 atom stereocenters. The van der Waals surface area contributed by atoms with Crippen molar-refractivity contribution < 1.29 is 9.84 Å². The van der Waals surface area contributed by atoms with Gasteiger partial charge < -0.3 is 20.5 Å². The Hall–Kier alpha value is -0.510. The molecule has 2 aliphatic rings. The zero-order valence-electron chi connectivity index (χ0n) is 16.9. The number of rotatable bonds is 6. The SMILES string of the molecule is CCNC(=NCC1(O)CCSC1)NCC1CCCOC1c1ccc(C)cc1.I. The number of nitrogens with one attached hydrogen (secondary N) is 2. The van der Waals surface area contributed by atoms with Gasteiger partial charge in [-0.25, -0.2) is 0 Å². The number of benzene rings is 1. The highest BCUT2D eigenvalue weighted by molar-refractivity contribution is 14.0. The maximum absolute atomic E-state index is 10.5. The molecule has 0 aromatic heterocycles. The highest BCUT2D eigenvalue weighted by Crippen LogP contribution is 2.33. The van der Waals surface area contributed by atoms with Crippen molar-refractivity contribution in [2.24, 2.45) is 10.9 Å². The number of guanidine groups is 1. The second-order valence-corrected chi connectivity index (χ2v) is 8.81. The van der Waals surface area contributed by atoms with Gasteiger partial charge in [-0.15, -0.1) is 24.0 Å². The molecule has 2 fully saturated rings. The number of aryl methyl sites for hydroxylation is 1. The molecule has 0 aliphatic carbocycles. The first kappa shape index (κ1) is 23.8. The molecular weight excluding hydrogens is 485 g/mol. The standard InChI is InChI=1S/C21H33N3O2S.HI/c1-3-22-20(24-14-21(25)10-12-27-15-21)23-13-18-5-4-11-26-19(18)17-8-6-16(2)7-9-17;/h6-9,18-19,25H,3-5,10-15H2,1-2H3,(H2,22,23,24);1H. The Kier molecular flexibility index (Phi) is 9.86. The monoisotopic (exact) mass is 519 g/mol. The Bertz CT molecular complexity index is 621. The normalized spacial score (nSPS) is 27.9. The van der Waals surface area contributed by atoms with Gasteiger partial charge in [0.15, 0.2) is 5.96 Å². The van der Waals surface area contributed by atoms with Crippen molar-refractivity contribution in [2.75, 3.05) is 37.7 Å². The number of halogens is 1. The second-order valence-electron chi connectivity index (χ2n) is 7.71. The fourth-order valence-electron chi connectivity index (χ4n) is 3.69. The molecule has 2 heterocycles. The Balaban J connectivity index is 0.00000280. The van der Waals surface area contributed by atoms with Crippen molar-refractivity contribution in [3.63, 3.8) is 0 Å². The highest BCUT2D eigenvalue weighted by atomic mass is 127. The molecule has 1 aromatic rings. The van der Waals surface area contributed by atoms with Gasteiger partial charge in [0.2, 0.25) is 0 Å². The Morgan fingerprint density at radius 2 is 2.11 bits per heavy atom. The van der Waals surface area contributed by atoms with Crippen LogP contribution >= 0.6 is 35.7 Å². The lowest BCUT2D eigenvalue weighted by atomic mass is 9.89. The van der Waals surface area contributed by atoms with E-state index < -0.39 is 5.60 Å². The van der Waals surface area contributed by atoms with Crippen LogP contribution in [0.1, 0.15) is 43.4 Å². The Morgan fingerprint density at radius 1 is 1.32 bits per heavy atom. The van der Waals surface area contributed by atoms with E-state index in [9.17, 15) is 5.11 Å². The van der Waals surface area contributed by atoms with Crippen LogP contribution < -0.4 is 10.6 Å². The van der Waals surface area contributed by atoms with E-state index in [1.54, 1.807) is 11.8 Å². The molecular formula is C21H34IN3O2S. The number of aliphatic hydroxyl groups is 1. The van der Waals surface area contributed by atoms with E-state index in [2.05, 4.69) is 53.7 Å². The third-order valence-electron chi connectivity index (χ3n) is 5.34. The van der Waals surface area contributed by atoms with Gasteiger partial charge in [0.1, 0.15) is 0 Å². The molecule has 28 heavy (non-hydrogen) atoms. The maximum Gasteiger partial charge on any atom is 0.191 e. The van der Waals surface area contributed by atoms with Gasteiger partial charge in [0.25, 0.3) is 0 Å². The molecule has 0 spiro atoms. The van der Waals surface area contributed by atoms with E-state index in [-0.39, 0.29) is 30.1 Å². The third kappa shape index (κ3) is 6.78. The summed E-state index contributed by atoms with van der Waals surface area (Å²) in [5, 5.41) is 17.3. The quantitative estimate of drug-likeness (QED) is 0.305. The second kappa shape index (κ2) is 11.6. The summed E-state index contributed by atoms with van der Waals surface area (Å²) in [4.78, 5) is 4.65. The molecule has 3 N–H and O–H groups in total. The van der Waals surface area contributed by atoms with Crippen LogP contribution in [0.4, 0.5) is 0 Å². The smallest absolute Gasteiger partial charge is 0.191 e. The minimum Gasteiger partial charge on any atom is -0.387 e. The minimum atomic E-state index is -0.647. The van der Waals surface area contributed by atoms with Crippen LogP contribution in [-0.2, 0) is 4.74 Å². The number of aliphatic imine (C=N–C) groups is 1. The lowest BCUT2D eigenvalue weighted by Crippen LogP contribution is -2.43. The first-order valence-electron chi connectivity index (χ1n) is 10.1. The van der Waals surface area contributed by atoms with Crippen molar-refractivity contribution in [3.8, 4) is 0 Å². The first-order valence-corrected chi connectivity index (χ1v) is 11.3. The summed E-state index contributed by atoms with van der Waals surface area (Å²) in [5.41, 5.74) is 1.88. The van der Waals surface area contributed by atoms with E-state index in [0.717, 1.165) is 56.4 Å². The summed E-state index contributed by atoms with van der Waals surface area (Å²) in [6.45, 7) is 7.08. The first-order chi connectivity index (χ1) is 13.1. The van der Waals surface area contributed by atoms with Crippen molar-refractivity contribution in [1.29, 1.82) is 0 Å². The lowest BCUT2D eigenvalue weighted by molar-refractivity contribution is -0.0265. The third-order valence-corrected chi connectivity index (χ3v) is 6.57. The molecule has 5 nitrogen and oxygen atoms in total. The molecule has 0 bridgehead atoms. The van der Waals surface area contributed by atoms with Crippen molar-refractivity contribution in [3.05, 3.63) is 35.4 Å². The molecule has 0 saturated carbocycles. The Labute approximate surface area is 190 Å². The summed E-state index contributed by atoms with van der Waals surface area (Å²) in [7, 11) is 0. The molecule has 3 rings (SSSR count). The van der Waals surface area contributed by atoms with Gasteiger partial charge in [-0.2, -0.15) is 11.8 Å². The maximum atomic E-state index is 10.5. The summed E-state index contributed by atoms with van der Waals surface area (Å²) in [5.74, 6) is 3.00. The average Bonchev–Trinajstić information content (AvgIpc) is 3.12. The van der Waals surface area contributed by atoms with Gasteiger partial charge in [0, 0.05) is 31.4 Å². The zero-order valence-corrected chi connectivity index (χ0v) is 20.1. The lowest BCUT2D eigenvalue weighted by Gasteiger charge is -2.33. The van der Waals surface area contributed by atoms with E-state index in [0.29, 0.717) is 12.5 Å². The van der Waals surface area contributed by atoms with Crippen LogP contribution in [0.25, 0.3) is 0 Å². The molecule has 3 unspecified atom stereocenters. The van der Waals surface area contributed by atoms with Gasteiger partial charge in [-0.3, -0.25) is 4.99 Å². The van der Waals surface area contributed by atoms with Gasteiger partial charge >= 0.3 is 0 Å². The summed E-state index contributed by atoms with van der Waals surface area (Å²) in [6, 6.07) is 8.68. The zero-order chi connectivity index (χ0) is 19.1. The summed E-state index contributed by atoms with van der Waals surface area (Å²) < 4.78 is 6.12. The van der Waals surface area contributed by atoms with Gasteiger partial charge in [0.05, 0.1) is 18.2 Å². The van der Waals surface area contributed by atoms with E-state index in [4.69, 9.17) is 4.74 Å². The predicted molar refractivity (Wildman–Crippen MR) is 129 cm³/mol. The number of nitrogens with zero attached hydrogens (tertiary/aromatic N) is 1. The van der Waals surface area contributed by atoms with Crippen molar-refractivity contribution >= 4 is 41.7 Å². The van der Waals surface area contributed by atoms with Crippen LogP contribution in [0.15, 0.2) is 29.3 Å². The van der Waals surface area contributed by atoms with Crippen LogP contribution in [0, 0.1) is 12.8 Å². The van der Waals surface area contributed by atoms with Crippen LogP contribution in [0.5, 0.6) is 0 Å². The van der Waals surface area contributed by atoms with E-state index in [1.807, 2.05) is 0 Å². The van der Waals surface area contributed by atoms with E-state index >= 15 is 0 Å². The molecule has 7 heteroatoms. The number of thioether (sulfide) groups is 1. The predicted octanol–water partition coefficient (Wildman–Crippen LogP) is 3.50. The topological polar surface area (TPSA) is 65.9 Å². The molecule has 158 valence electrons. The van der Waals surface area contributed by atoms with Gasteiger partial charge in [-0.05, 0) is 44.4 Å². The van der Waals surface area contributed by atoms with Crippen molar-refractivity contribution in [2.45, 2.75) is 44.8 Å². The largest absolute Gasteiger partial charge is 0.387 e. The molecule has 2 aliphatic heterocycles. The Morgan fingerprint density at radius 3 is 2.79 bits per heavy atom. The summed E-state index contributed by atoms with van der Waals surface area (Å²) in [6.07, 6.45) is 3.20. The number of hydrogen-bond acceptors (Lipinski definition) is 4. The number of hydrogen-bond donors (Lipinski definition) is 3. The summed E-state index contributed by atoms with van der Waals surface area (Å²) >= 11 is 1.80. The van der Waals surface area contributed by atoms with Crippen molar-refractivity contribution in [1.82, 2.24) is 10.6 Å². The van der Waals surface area contributed by atoms with Crippen LogP contribution in [0.3, 0.4) is 0 Å². The van der Waals surface area contributed by atoms with Crippen LogP contribution in [0.2, 0.25) is 0 Å². The molecule has 0 amide bonds.